The number of cyclic esters (lactones) is 1. The van der Waals surface area contributed by atoms with Crippen molar-refractivity contribution in [1.82, 2.24) is 0 Å². The zero-order valence-corrected chi connectivity index (χ0v) is 5.33. The number of aliphatic hydroxyl groups excluding tert-OH is 1. The molecule has 0 saturated carbocycles. The standard InChI is InChI=1S/C6H10O3/c1-4-5(7)2-3-6(8)9-4/h4-5,7H,2-3H2,1H3/t4-,5+/m1/s1. The fourth-order valence-electron chi connectivity index (χ4n) is 0.845. The molecule has 2 atom stereocenters. The van der Waals surface area contributed by atoms with Gasteiger partial charge in [0.25, 0.3) is 0 Å². The maximum atomic E-state index is 10.5. The maximum Gasteiger partial charge on any atom is 0.306 e. The smallest absolute Gasteiger partial charge is 0.306 e. The van der Waals surface area contributed by atoms with Crippen LogP contribution in [0.4, 0.5) is 0 Å². The minimum Gasteiger partial charge on any atom is -0.460 e. The van der Waals surface area contributed by atoms with Crippen LogP contribution in [0.2, 0.25) is 0 Å². The van der Waals surface area contributed by atoms with Crippen LogP contribution in [0.15, 0.2) is 0 Å². The van der Waals surface area contributed by atoms with Crippen molar-refractivity contribution in [2.75, 3.05) is 0 Å². The summed E-state index contributed by atoms with van der Waals surface area (Å²) in [7, 11) is 0. The molecule has 0 aromatic carbocycles. The van der Waals surface area contributed by atoms with E-state index in [1.807, 2.05) is 0 Å². The number of ether oxygens (including phenoxy) is 1. The largest absolute Gasteiger partial charge is 0.460 e. The molecule has 9 heavy (non-hydrogen) atoms. The molecule has 0 aromatic rings. The third-order valence-electron chi connectivity index (χ3n) is 1.50. The monoisotopic (exact) mass is 130 g/mol. The van der Waals surface area contributed by atoms with Crippen LogP contribution < -0.4 is 0 Å². The van der Waals surface area contributed by atoms with Gasteiger partial charge in [0.05, 0.1) is 6.10 Å². The number of aliphatic hydroxyl groups is 1. The van der Waals surface area contributed by atoms with E-state index in [0.29, 0.717) is 12.8 Å². The lowest BCUT2D eigenvalue weighted by atomic mass is 10.1. The fourth-order valence-corrected chi connectivity index (χ4v) is 0.845. The highest BCUT2D eigenvalue weighted by Gasteiger charge is 2.24. The summed E-state index contributed by atoms with van der Waals surface area (Å²) in [5.41, 5.74) is 0. The Hall–Kier alpha value is -0.570. The van der Waals surface area contributed by atoms with E-state index in [1.54, 1.807) is 6.92 Å². The molecule has 1 aliphatic heterocycles. The molecule has 0 aromatic heterocycles. The number of hydrogen-bond donors (Lipinski definition) is 1. The predicted octanol–water partition coefficient (Wildman–Crippen LogP) is 0.0728. The van der Waals surface area contributed by atoms with Gasteiger partial charge in [-0.25, -0.2) is 0 Å². The Kier molecular flexibility index (Phi) is 1.71. The van der Waals surface area contributed by atoms with Crippen molar-refractivity contribution in [3.8, 4) is 0 Å². The van der Waals surface area contributed by atoms with Crippen LogP contribution >= 0.6 is 0 Å². The second kappa shape index (κ2) is 2.35. The van der Waals surface area contributed by atoms with Gasteiger partial charge < -0.3 is 9.84 Å². The highest BCUT2D eigenvalue weighted by Crippen LogP contribution is 2.13. The topological polar surface area (TPSA) is 46.5 Å². The highest BCUT2D eigenvalue weighted by molar-refractivity contribution is 5.70. The fraction of sp³-hybridized carbons (Fsp3) is 0.833. The summed E-state index contributed by atoms with van der Waals surface area (Å²) in [6.45, 7) is 1.70. The molecule has 0 bridgehead atoms. The van der Waals surface area contributed by atoms with Crippen LogP contribution in [-0.2, 0) is 9.53 Å². The van der Waals surface area contributed by atoms with Crippen molar-refractivity contribution in [2.24, 2.45) is 0 Å². The molecule has 1 fully saturated rings. The summed E-state index contributed by atoms with van der Waals surface area (Å²) in [5, 5.41) is 9.02. The number of esters is 1. The van der Waals surface area contributed by atoms with Gasteiger partial charge >= 0.3 is 5.97 Å². The first kappa shape index (κ1) is 6.55. The molecule has 0 aliphatic carbocycles. The molecule has 0 radical (unpaired) electrons. The van der Waals surface area contributed by atoms with Crippen LogP contribution in [0.25, 0.3) is 0 Å². The predicted molar refractivity (Wildman–Crippen MR) is 30.8 cm³/mol. The maximum absolute atomic E-state index is 10.5. The molecule has 3 heteroatoms. The van der Waals surface area contributed by atoms with E-state index in [1.165, 1.54) is 0 Å². The van der Waals surface area contributed by atoms with Gasteiger partial charge in [-0.2, -0.15) is 0 Å². The molecule has 52 valence electrons. The Bertz CT molecular complexity index is 121. The van der Waals surface area contributed by atoms with Gasteiger partial charge in [-0.1, -0.05) is 0 Å². The van der Waals surface area contributed by atoms with Gasteiger partial charge in [0, 0.05) is 6.42 Å². The Morgan fingerprint density at radius 1 is 1.78 bits per heavy atom. The lowest BCUT2D eigenvalue weighted by Gasteiger charge is -2.23. The van der Waals surface area contributed by atoms with E-state index in [0.717, 1.165) is 0 Å². The third-order valence-corrected chi connectivity index (χ3v) is 1.50. The molecule has 1 N–H and O–H groups in total. The Labute approximate surface area is 53.6 Å². The van der Waals surface area contributed by atoms with Crippen molar-refractivity contribution in [3.05, 3.63) is 0 Å². The first-order chi connectivity index (χ1) is 4.20. The number of hydrogen-bond acceptors (Lipinski definition) is 3. The first-order valence-corrected chi connectivity index (χ1v) is 3.07. The average molecular weight is 130 g/mol. The SMILES string of the molecule is C[C@H]1OC(=O)CC[C@@H]1O. The van der Waals surface area contributed by atoms with Gasteiger partial charge in [-0.3, -0.25) is 4.79 Å². The third kappa shape index (κ3) is 1.42. The van der Waals surface area contributed by atoms with Gasteiger partial charge in [0.15, 0.2) is 0 Å². The van der Waals surface area contributed by atoms with Crippen molar-refractivity contribution in [3.63, 3.8) is 0 Å². The van der Waals surface area contributed by atoms with Gasteiger partial charge in [-0.05, 0) is 13.3 Å². The minimum absolute atomic E-state index is 0.201. The van der Waals surface area contributed by atoms with Gasteiger partial charge in [-0.15, -0.1) is 0 Å². The molecular formula is C6H10O3. The second-order valence-electron chi connectivity index (χ2n) is 2.30. The van der Waals surface area contributed by atoms with Crippen LogP contribution in [0, 0.1) is 0 Å². The molecule has 1 heterocycles. The van der Waals surface area contributed by atoms with Crippen LogP contribution in [0.1, 0.15) is 19.8 Å². The molecule has 1 rings (SSSR count). The van der Waals surface area contributed by atoms with E-state index in [-0.39, 0.29) is 12.1 Å². The molecular weight excluding hydrogens is 120 g/mol. The lowest BCUT2D eigenvalue weighted by molar-refractivity contribution is -0.161. The molecule has 3 nitrogen and oxygen atoms in total. The summed E-state index contributed by atoms with van der Waals surface area (Å²) < 4.78 is 4.71. The van der Waals surface area contributed by atoms with Crippen LogP contribution in [0.3, 0.4) is 0 Å². The van der Waals surface area contributed by atoms with E-state index in [4.69, 9.17) is 9.84 Å². The van der Waals surface area contributed by atoms with E-state index in [2.05, 4.69) is 0 Å². The van der Waals surface area contributed by atoms with E-state index in [9.17, 15) is 4.79 Å². The second-order valence-corrected chi connectivity index (χ2v) is 2.30. The molecule has 1 saturated heterocycles. The van der Waals surface area contributed by atoms with E-state index >= 15 is 0 Å². The van der Waals surface area contributed by atoms with Crippen molar-refractivity contribution >= 4 is 5.97 Å². The molecule has 0 amide bonds. The van der Waals surface area contributed by atoms with Gasteiger partial charge in [0.1, 0.15) is 6.10 Å². The summed E-state index contributed by atoms with van der Waals surface area (Å²) in [5.74, 6) is -0.201. The van der Waals surface area contributed by atoms with Crippen molar-refractivity contribution in [2.45, 2.75) is 32.0 Å². The molecule has 0 unspecified atom stereocenters. The zero-order valence-electron chi connectivity index (χ0n) is 5.33. The van der Waals surface area contributed by atoms with Crippen LogP contribution in [0.5, 0.6) is 0 Å². The van der Waals surface area contributed by atoms with Crippen molar-refractivity contribution in [1.29, 1.82) is 0 Å². The number of carbonyl (C=O) groups is 1. The number of rotatable bonds is 0. The molecule has 0 spiro atoms. The minimum atomic E-state index is -0.456. The lowest BCUT2D eigenvalue weighted by Crippen LogP contribution is -2.33. The Balaban J connectivity index is 2.44. The van der Waals surface area contributed by atoms with Crippen LogP contribution in [-0.4, -0.2) is 23.3 Å². The van der Waals surface area contributed by atoms with E-state index < -0.39 is 6.10 Å². The van der Waals surface area contributed by atoms with Crippen molar-refractivity contribution < 1.29 is 14.6 Å². The number of carbonyl (C=O) groups excluding carboxylic acids is 1. The summed E-state index contributed by atoms with van der Waals surface area (Å²) in [4.78, 5) is 10.5. The average Bonchev–Trinajstić information content (AvgIpc) is 1.80. The summed E-state index contributed by atoms with van der Waals surface area (Å²) >= 11 is 0. The Morgan fingerprint density at radius 2 is 2.44 bits per heavy atom. The first-order valence-electron chi connectivity index (χ1n) is 3.07. The highest BCUT2D eigenvalue weighted by atomic mass is 16.6. The van der Waals surface area contributed by atoms with Gasteiger partial charge in [0.2, 0.25) is 0 Å². The quantitative estimate of drug-likeness (QED) is 0.472. The Morgan fingerprint density at radius 3 is 2.89 bits per heavy atom. The zero-order chi connectivity index (χ0) is 6.85. The summed E-state index contributed by atoms with van der Waals surface area (Å²) in [6.07, 6.45) is 0.125. The summed E-state index contributed by atoms with van der Waals surface area (Å²) in [6, 6.07) is 0. The molecule has 1 aliphatic rings. The normalized spacial score (nSPS) is 36.0.